The van der Waals surface area contributed by atoms with Crippen LogP contribution in [0.25, 0.3) is 0 Å². The van der Waals surface area contributed by atoms with Crippen LogP contribution in [-0.4, -0.2) is 60.2 Å². The van der Waals surface area contributed by atoms with Gasteiger partial charge in [0.25, 0.3) is 0 Å². The minimum atomic E-state index is -0.196. The topological polar surface area (TPSA) is 58.6 Å². The van der Waals surface area contributed by atoms with Crippen molar-refractivity contribution in [3.8, 4) is 0 Å². The minimum Gasteiger partial charge on any atom is -0.468 e. The molecule has 1 aliphatic heterocycles. The quantitative estimate of drug-likeness (QED) is 0.769. The van der Waals surface area contributed by atoms with E-state index < -0.39 is 0 Å². The second kappa shape index (κ2) is 6.29. The monoisotopic (exact) mass is 328 g/mol. The van der Waals surface area contributed by atoms with Crippen LogP contribution in [0.4, 0.5) is 5.95 Å². The molecule has 104 valence electrons. The largest absolute Gasteiger partial charge is 0.468 e. The summed E-state index contributed by atoms with van der Waals surface area (Å²) in [4.78, 5) is 24.3. The number of nitrogens with zero attached hydrogens (tertiary/aromatic N) is 4. The standard InChI is InChI=1S/C12H17BrN4O2/c1-9(11(18)19-2)16-3-5-17(6-4-16)12-14-7-10(13)8-15-12/h7-9H,3-6H2,1-2H3/t9-/m1/s1. The number of hydrogen-bond donors (Lipinski definition) is 0. The molecule has 1 aliphatic rings. The van der Waals surface area contributed by atoms with Crippen molar-refractivity contribution in [1.29, 1.82) is 0 Å². The maximum atomic E-state index is 11.5. The minimum absolute atomic E-state index is 0.187. The molecule has 0 N–H and O–H groups in total. The molecule has 19 heavy (non-hydrogen) atoms. The van der Waals surface area contributed by atoms with E-state index in [1.165, 1.54) is 7.11 Å². The number of carbonyl (C=O) groups is 1. The number of hydrogen-bond acceptors (Lipinski definition) is 6. The van der Waals surface area contributed by atoms with E-state index in [0.717, 1.165) is 36.6 Å². The molecule has 1 fully saturated rings. The highest BCUT2D eigenvalue weighted by Gasteiger charge is 2.26. The molecule has 1 saturated heterocycles. The average molecular weight is 329 g/mol. The number of anilines is 1. The van der Waals surface area contributed by atoms with E-state index >= 15 is 0 Å². The number of methoxy groups -OCH3 is 1. The molecule has 0 bridgehead atoms. The van der Waals surface area contributed by atoms with Crippen molar-refractivity contribution in [1.82, 2.24) is 14.9 Å². The van der Waals surface area contributed by atoms with Crippen molar-refractivity contribution in [3.05, 3.63) is 16.9 Å². The first-order chi connectivity index (χ1) is 9.11. The summed E-state index contributed by atoms with van der Waals surface area (Å²) in [5, 5.41) is 0. The first-order valence-electron chi connectivity index (χ1n) is 6.16. The molecule has 0 spiro atoms. The summed E-state index contributed by atoms with van der Waals surface area (Å²) in [7, 11) is 1.42. The summed E-state index contributed by atoms with van der Waals surface area (Å²) in [6.45, 7) is 5.09. The molecule has 1 aromatic heterocycles. The molecule has 2 rings (SSSR count). The van der Waals surface area contributed by atoms with Crippen molar-refractivity contribution >= 4 is 27.8 Å². The van der Waals surface area contributed by atoms with Gasteiger partial charge in [-0.1, -0.05) is 0 Å². The molecule has 0 saturated carbocycles. The average Bonchev–Trinajstić information content (AvgIpc) is 2.46. The summed E-state index contributed by atoms with van der Waals surface area (Å²) in [6, 6.07) is -0.196. The van der Waals surface area contributed by atoms with Crippen molar-refractivity contribution < 1.29 is 9.53 Å². The maximum Gasteiger partial charge on any atom is 0.322 e. The van der Waals surface area contributed by atoms with Crippen LogP contribution in [0, 0.1) is 0 Å². The van der Waals surface area contributed by atoms with Gasteiger partial charge in [-0.2, -0.15) is 0 Å². The first kappa shape index (κ1) is 14.2. The van der Waals surface area contributed by atoms with Crippen LogP contribution in [-0.2, 0) is 9.53 Å². The summed E-state index contributed by atoms with van der Waals surface area (Å²) in [5.41, 5.74) is 0. The van der Waals surface area contributed by atoms with Crippen LogP contribution in [0.3, 0.4) is 0 Å². The number of piperazine rings is 1. The summed E-state index contributed by atoms with van der Waals surface area (Å²) in [5.74, 6) is 0.543. The van der Waals surface area contributed by atoms with Crippen LogP contribution < -0.4 is 4.90 Å². The van der Waals surface area contributed by atoms with Crippen molar-refractivity contribution in [2.24, 2.45) is 0 Å². The predicted molar refractivity (Wildman–Crippen MR) is 75.0 cm³/mol. The summed E-state index contributed by atoms with van der Waals surface area (Å²) in [6.07, 6.45) is 3.48. The molecule has 0 amide bonds. The first-order valence-corrected chi connectivity index (χ1v) is 6.95. The Morgan fingerprint density at radius 1 is 1.32 bits per heavy atom. The lowest BCUT2D eigenvalue weighted by Crippen LogP contribution is -2.52. The van der Waals surface area contributed by atoms with Gasteiger partial charge in [-0.15, -0.1) is 0 Å². The van der Waals surface area contributed by atoms with E-state index in [2.05, 4.69) is 35.7 Å². The van der Waals surface area contributed by atoms with Gasteiger partial charge < -0.3 is 9.64 Å². The fraction of sp³-hybridized carbons (Fsp3) is 0.583. The SMILES string of the molecule is COC(=O)[C@@H](C)N1CCN(c2ncc(Br)cn2)CC1. The van der Waals surface area contributed by atoms with Crippen LogP contribution in [0.15, 0.2) is 16.9 Å². The molecule has 0 radical (unpaired) electrons. The van der Waals surface area contributed by atoms with Gasteiger partial charge in [0, 0.05) is 38.6 Å². The Balaban J connectivity index is 1.92. The van der Waals surface area contributed by atoms with E-state index in [-0.39, 0.29) is 12.0 Å². The number of aromatic nitrogens is 2. The fourth-order valence-electron chi connectivity index (χ4n) is 2.10. The Bertz CT molecular complexity index is 432. The lowest BCUT2D eigenvalue weighted by Gasteiger charge is -2.36. The third kappa shape index (κ3) is 3.42. The second-order valence-electron chi connectivity index (χ2n) is 4.42. The molecule has 1 aromatic rings. The Morgan fingerprint density at radius 2 is 1.89 bits per heavy atom. The van der Waals surface area contributed by atoms with Crippen molar-refractivity contribution in [3.63, 3.8) is 0 Å². The summed E-state index contributed by atoms with van der Waals surface area (Å²) >= 11 is 3.32. The van der Waals surface area contributed by atoms with Gasteiger partial charge in [0.1, 0.15) is 6.04 Å². The maximum absolute atomic E-state index is 11.5. The number of halogens is 1. The van der Waals surface area contributed by atoms with Crippen LogP contribution in [0.1, 0.15) is 6.92 Å². The van der Waals surface area contributed by atoms with Crippen LogP contribution in [0.5, 0.6) is 0 Å². The zero-order valence-corrected chi connectivity index (χ0v) is 12.6. The molecular formula is C12H17BrN4O2. The highest BCUT2D eigenvalue weighted by Crippen LogP contribution is 2.14. The smallest absolute Gasteiger partial charge is 0.322 e. The zero-order chi connectivity index (χ0) is 13.8. The Kier molecular flexibility index (Phi) is 4.71. The molecule has 2 heterocycles. The highest BCUT2D eigenvalue weighted by atomic mass is 79.9. The van der Waals surface area contributed by atoms with Gasteiger partial charge in [0.15, 0.2) is 0 Å². The van der Waals surface area contributed by atoms with Crippen molar-refractivity contribution in [2.75, 3.05) is 38.2 Å². The third-order valence-electron chi connectivity index (χ3n) is 3.29. The molecule has 6 nitrogen and oxygen atoms in total. The van der Waals surface area contributed by atoms with E-state index in [9.17, 15) is 4.79 Å². The van der Waals surface area contributed by atoms with Gasteiger partial charge in [-0.3, -0.25) is 9.69 Å². The van der Waals surface area contributed by atoms with Gasteiger partial charge in [0.05, 0.1) is 11.6 Å². The van der Waals surface area contributed by atoms with Crippen molar-refractivity contribution in [2.45, 2.75) is 13.0 Å². The molecule has 1 atom stereocenters. The van der Waals surface area contributed by atoms with E-state index in [1.54, 1.807) is 12.4 Å². The third-order valence-corrected chi connectivity index (χ3v) is 3.70. The predicted octanol–water partition coefficient (Wildman–Crippen LogP) is 0.923. The number of ether oxygens (including phenoxy) is 1. The molecule has 0 aliphatic carbocycles. The van der Waals surface area contributed by atoms with Gasteiger partial charge in [0.2, 0.25) is 5.95 Å². The number of esters is 1. The lowest BCUT2D eigenvalue weighted by molar-refractivity contribution is -0.146. The summed E-state index contributed by atoms with van der Waals surface area (Å²) < 4.78 is 5.64. The highest BCUT2D eigenvalue weighted by molar-refractivity contribution is 9.10. The number of rotatable bonds is 3. The van der Waals surface area contributed by atoms with Crippen LogP contribution >= 0.6 is 15.9 Å². The Hall–Kier alpha value is -1.21. The molecule has 7 heteroatoms. The fourth-order valence-corrected chi connectivity index (χ4v) is 2.30. The lowest BCUT2D eigenvalue weighted by atomic mass is 10.2. The van der Waals surface area contributed by atoms with Gasteiger partial charge in [-0.25, -0.2) is 9.97 Å². The molecule has 0 aromatic carbocycles. The van der Waals surface area contributed by atoms with E-state index in [1.807, 2.05) is 6.92 Å². The Labute approximate surface area is 120 Å². The van der Waals surface area contributed by atoms with E-state index in [4.69, 9.17) is 4.74 Å². The normalized spacial score (nSPS) is 18.2. The molecular weight excluding hydrogens is 312 g/mol. The molecule has 0 unspecified atom stereocenters. The second-order valence-corrected chi connectivity index (χ2v) is 5.34. The van der Waals surface area contributed by atoms with Crippen LogP contribution in [0.2, 0.25) is 0 Å². The number of carbonyl (C=O) groups excluding carboxylic acids is 1. The van der Waals surface area contributed by atoms with E-state index in [0.29, 0.717) is 0 Å². The van der Waals surface area contributed by atoms with Gasteiger partial charge >= 0.3 is 5.97 Å². The zero-order valence-electron chi connectivity index (χ0n) is 11.0. The van der Waals surface area contributed by atoms with Gasteiger partial charge in [-0.05, 0) is 22.9 Å². The Morgan fingerprint density at radius 3 is 2.42 bits per heavy atom.